The van der Waals surface area contributed by atoms with Crippen LogP contribution in [0.25, 0.3) is 0 Å². The number of nitrogens with zero attached hydrogens (tertiary/aromatic N) is 2. The second-order valence-corrected chi connectivity index (χ2v) is 6.44. The van der Waals surface area contributed by atoms with Gasteiger partial charge in [-0.1, -0.05) is 13.8 Å². The molecule has 4 nitrogen and oxygen atoms in total. The van der Waals surface area contributed by atoms with Crippen molar-refractivity contribution in [2.45, 2.75) is 58.4 Å². The molecule has 3 rings (SSSR count). The van der Waals surface area contributed by atoms with Crippen molar-refractivity contribution in [2.24, 2.45) is 11.8 Å². The van der Waals surface area contributed by atoms with Gasteiger partial charge in [-0.25, -0.2) is 9.97 Å². The number of nitrogens with one attached hydrogen (secondary N) is 1. The van der Waals surface area contributed by atoms with Crippen LogP contribution in [0.15, 0.2) is 0 Å². The minimum Gasteiger partial charge on any atom is -0.383 e. The van der Waals surface area contributed by atoms with Crippen molar-refractivity contribution in [3.63, 3.8) is 0 Å². The number of aromatic nitrogens is 2. The summed E-state index contributed by atoms with van der Waals surface area (Å²) >= 11 is 0. The lowest BCUT2D eigenvalue weighted by molar-refractivity contribution is 0.564. The van der Waals surface area contributed by atoms with Crippen LogP contribution in [0.1, 0.15) is 56.8 Å². The van der Waals surface area contributed by atoms with Crippen molar-refractivity contribution in [1.82, 2.24) is 9.97 Å². The molecule has 3 N–H and O–H groups in total. The summed E-state index contributed by atoms with van der Waals surface area (Å²) in [7, 11) is 0. The van der Waals surface area contributed by atoms with Crippen LogP contribution in [0.2, 0.25) is 0 Å². The molecule has 19 heavy (non-hydrogen) atoms. The molecule has 0 bridgehead atoms. The van der Waals surface area contributed by atoms with Gasteiger partial charge in [0, 0.05) is 17.5 Å². The first kappa shape index (κ1) is 12.7. The van der Waals surface area contributed by atoms with Gasteiger partial charge in [0.2, 0.25) is 0 Å². The molecule has 1 aromatic heterocycles. The number of nitrogens with two attached hydrogens (primary N) is 1. The van der Waals surface area contributed by atoms with Gasteiger partial charge in [0.05, 0.1) is 0 Å². The molecule has 0 aromatic carbocycles. The van der Waals surface area contributed by atoms with Crippen molar-refractivity contribution < 1.29 is 0 Å². The van der Waals surface area contributed by atoms with E-state index in [0.29, 0.717) is 17.8 Å². The third-order valence-corrected chi connectivity index (χ3v) is 4.28. The minimum absolute atomic E-state index is 0.309. The Labute approximate surface area is 115 Å². The third-order valence-electron chi connectivity index (χ3n) is 4.28. The Hall–Kier alpha value is -1.32. The van der Waals surface area contributed by atoms with E-state index in [2.05, 4.69) is 24.1 Å². The molecule has 0 saturated heterocycles. The molecule has 0 atom stereocenters. The van der Waals surface area contributed by atoms with E-state index in [0.717, 1.165) is 29.0 Å². The number of anilines is 2. The van der Waals surface area contributed by atoms with E-state index in [1.54, 1.807) is 0 Å². The topological polar surface area (TPSA) is 63.8 Å². The highest BCUT2D eigenvalue weighted by molar-refractivity contribution is 5.55. The van der Waals surface area contributed by atoms with Gasteiger partial charge in [-0.05, 0) is 44.4 Å². The van der Waals surface area contributed by atoms with Crippen molar-refractivity contribution >= 4 is 11.6 Å². The zero-order valence-electron chi connectivity index (χ0n) is 12.1. The quantitative estimate of drug-likeness (QED) is 0.854. The van der Waals surface area contributed by atoms with Crippen LogP contribution < -0.4 is 11.1 Å². The fraction of sp³-hybridized carbons (Fsp3) is 0.733. The highest BCUT2D eigenvalue weighted by Gasteiger charge is 2.41. The van der Waals surface area contributed by atoms with E-state index in [1.165, 1.54) is 25.7 Å². The molecule has 0 aliphatic heterocycles. The zero-order chi connectivity index (χ0) is 13.6. The Balaban J connectivity index is 1.85. The Morgan fingerprint density at radius 2 is 1.68 bits per heavy atom. The van der Waals surface area contributed by atoms with Crippen LogP contribution in [0.4, 0.5) is 11.6 Å². The van der Waals surface area contributed by atoms with Crippen LogP contribution in [0, 0.1) is 18.8 Å². The molecule has 1 heterocycles. The molecule has 0 unspecified atom stereocenters. The van der Waals surface area contributed by atoms with Crippen LogP contribution in [0.5, 0.6) is 0 Å². The number of rotatable bonds is 5. The number of hydrogen-bond donors (Lipinski definition) is 2. The fourth-order valence-electron chi connectivity index (χ4n) is 2.64. The molecule has 2 aliphatic carbocycles. The van der Waals surface area contributed by atoms with Gasteiger partial charge >= 0.3 is 0 Å². The summed E-state index contributed by atoms with van der Waals surface area (Å²) in [6.45, 7) is 6.22. The standard InChI is InChI=1S/C15H24N4/c1-8(2)14-18-13(16)9(3)15(19-14)17-12(10-4-5-10)11-6-7-11/h8,10-12H,4-7H2,1-3H3,(H3,16,17,18,19). The maximum atomic E-state index is 6.03. The fourth-order valence-corrected chi connectivity index (χ4v) is 2.64. The Kier molecular flexibility index (Phi) is 3.11. The molecule has 0 amide bonds. The summed E-state index contributed by atoms with van der Waals surface area (Å²) < 4.78 is 0. The second-order valence-electron chi connectivity index (χ2n) is 6.44. The predicted octanol–water partition coefficient (Wildman–Crippen LogP) is 3.09. The van der Waals surface area contributed by atoms with Crippen molar-refractivity contribution in [3.8, 4) is 0 Å². The van der Waals surface area contributed by atoms with Gasteiger partial charge in [-0.3, -0.25) is 0 Å². The van der Waals surface area contributed by atoms with E-state index in [9.17, 15) is 0 Å². The molecular formula is C15H24N4. The van der Waals surface area contributed by atoms with Gasteiger partial charge in [0.1, 0.15) is 17.5 Å². The summed E-state index contributed by atoms with van der Waals surface area (Å²) in [6.07, 6.45) is 5.46. The Bertz CT molecular complexity index is 463. The zero-order valence-corrected chi connectivity index (χ0v) is 12.1. The van der Waals surface area contributed by atoms with Crippen LogP contribution in [-0.4, -0.2) is 16.0 Å². The monoisotopic (exact) mass is 260 g/mol. The van der Waals surface area contributed by atoms with Gasteiger partial charge in [-0.2, -0.15) is 0 Å². The van der Waals surface area contributed by atoms with Crippen molar-refractivity contribution in [1.29, 1.82) is 0 Å². The maximum absolute atomic E-state index is 6.03. The molecule has 0 spiro atoms. The summed E-state index contributed by atoms with van der Waals surface area (Å²) in [6, 6.07) is 0.605. The average molecular weight is 260 g/mol. The Morgan fingerprint density at radius 1 is 1.11 bits per heavy atom. The molecule has 2 aliphatic rings. The largest absolute Gasteiger partial charge is 0.383 e. The summed E-state index contributed by atoms with van der Waals surface area (Å²) in [5, 5.41) is 3.68. The second kappa shape index (κ2) is 4.66. The van der Waals surface area contributed by atoms with Crippen LogP contribution >= 0.6 is 0 Å². The number of nitrogen functional groups attached to an aromatic ring is 1. The highest BCUT2D eigenvalue weighted by Crippen LogP contribution is 2.46. The molecule has 2 fully saturated rings. The van der Waals surface area contributed by atoms with Gasteiger partial charge in [0.25, 0.3) is 0 Å². The SMILES string of the molecule is Cc1c(N)nc(C(C)C)nc1NC(C1CC1)C1CC1. The van der Waals surface area contributed by atoms with E-state index in [-0.39, 0.29) is 0 Å². The molecule has 1 aromatic rings. The highest BCUT2D eigenvalue weighted by atomic mass is 15.1. The summed E-state index contributed by atoms with van der Waals surface area (Å²) in [4.78, 5) is 9.08. The lowest BCUT2D eigenvalue weighted by atomic mass is 10.1. The molecule has 4 heteroatoms. The smallest absolute Gasteiger partial charge is 0.135 e. The third kappa shape index (κ3) is 2.67. The minimum atomic E-state index is 0.309. The summed E-state index contributed by atoms with van der Waals surface area (Å²) in [5.41, 5.74) is 7.02. The lowest BCUT2D eigenvalue weighted by Gasteiger charge is -2.21. The molecular weight excluding hydrogens is 236 g/mol. The van der Waals surface area contributed by atoms with E-state index < -0.39 is 0 Å². The van der Waals surface area contributed by atoms with E-state index >= 15 is 0 Å². The lowest BCUT2D eigenvalue weighted by Crippen LogP contribution is -2.26. The van der Waals surface area contributed by atoms with Gasteiger partial charge < -0.3 is 11.1 Å². The van der Waals surface area contributed by atoms with Gasteiger partial charge in [0.15, 0.2) is 0 Å². The van der Waals surface area contributed by atoms with E-state index in [1.807, 2.05) is 6.92 Å². The molecule has 104 valence electrons. The molecule has 0 radical (unpaired) electrons. The average Bonchev–Trinajstić information content (AvgIpc) is 3.24. The predicted molar refractivity (Wildman–Crippen MR) is 78.1 cm³/mol. The van der Waals surface area contributed by atoms with Gasteiger partial charge in [-0.15, -0.1) is 0 Å². The van der Waals surface area contributed by atoms with E-state index in [4.69, 9.17) is 10.7 Å². The first-order valence-electron chi connectivity index (χ1n) is 7.46. The maximum Gasteiger partial charge on any atom is 0.135 e. The normalized spacial score (nSPS) is 19.2. The molecule has 2 saturated carbocycles. The van der Waals surface area contributed by atoms with Crippen LogP contribution in [-0.2, 0) is 0 Å². The van der Waals surface area contributed by atoms with Crippen molar-refractivity contribution in [3.05, 3.63) is 11.4 Å². The Morgan fingerprint density at radius 3 is 2.16 bits per heavy atom. The first-order chi connectivity index (χ1) is 9.06. The van der Waals surface area contributed by atoms with Crippen molar-refractivity contribution in [2.75, 3.05) is 11.1 Å². The summed E-state index contributed by atoms with van der Waals surface area (Å²) in [5.74, 6) is 4.43. The number of hydrogen-bond acceptors (Lipinski definition) is 4. The first-order valence-corrected chi connectivity index (χ1v) is 7.46. The van der Waals surface area contributed by atoms with Crippen LogP contribution in [0.3, 0.4) is 0 Å².